The minimum atomic E-state index is -4.27. The van der Waals surface area contributed by atoms with Crippen LogP contribution in [0.3, 0.4) is 0 Å². The lowest BCUT2D eigenvalue weighted by Gasteiger charge is -2.05. The van der Waals surface area contributed by atoms with Gasteiger partial charge in [0, 0.05) is 37.1 Å². The van der Waals surface area contributed by atoms with Gasteiger partial charge in [0.05, 0.1) is 9.79 Å². The minimum absolute atomic E-state index is 0.178. The Morgan fingerprint density at radius 2 is 0.800 bits per heavy atom. The van der Waals surface area contributed by atoms with Gasteiger partial charge in [-0.05, 0) is 38.1 Å². The fraction of sp³-hybridized carbons (Fsp3) is 0.267. The summed E-state index contributed by atoms with van der Waals surface area (Å²) in [6.45, 7) is 10.3. The normalized spacial score (nSPS) is 10.6. The number of benzene rings is 2. The molecule has 40 heavy (non-hydrogen) atoms. The van der Waals surface area contributed by atoms with E-state index in [1.54, 1.807) is 24.3 Å². The molecule has 0 N–H and O–H groups in total. The van der Waals surface area contributed by atoms with Gasteiger partial charge in [-0.1, -0.05) is 61.4 Å². The third-order valence-corrected chi connectivity index (χ3v) is 6.84. The molecule has 4 rings (SSSR count). The van der Waals surface area contributed by atoms with Crippen molar-refractivity contribution in [2.45, 2.75) is 63.4 Å². The number of pyridine rings is 2. The second-order valence-corrected chi connectivity index (χ2v) is 11.5. The van der Waals surface area contributed by atoms with Crippen LogP contribution in [0.4, 0.5) is 0 Å². The molecule has 8 nitrogen and oxygen atoms in total. The maximum atomic E-state index is 10.4. The van der Waals surface area contributed by atoms with Crippen molar-refractivity contribution in [2.75, 3.05) is 0 Å². The van der Waals surface area contributed by atoms with Gasteiger partial charge >= 0.3 is 0 Å². The summed E-state index contributed by atoms with van der Waals surface area (Å²) in [7, 11) is -8.54. The molecule has 0 unspecified atom stereocenters. The Kier molecular flexibility index (Phi) is 15.6. The fourth-order valence-corrected chi connectivity index (χ4v) is 4.03. The molecule has 2 aromatic carbocycles. The highest BCUT2D eigenvalue weighted by Gasteiger charge is 1.99. The second-order valence-electron chi connectivity index (χ2n) is 8.76. The highest BCUT2D eigenvalue weighted by atomic mass is 32.2. The molecule has 0 saturated carbocycles. The Morgan fingerprint density at radius 1 is 0.525 bits per heavy atom. The molecular weight excluding hydrogens is 548 g/mol. The Morgan fingerprint density at radius 3 is 1.02 bits per heavy atom. The molecule has 216 valence electrons. The number of aromatic nitrogens is 2. The van der Waals surface area contributed by atoms with Crippen LogP contribution in [0.1, 0.15) is 37.8 Å². The first kappa shape index (κ1) is 34.6. The van der Waals surface area contributed by atoms with E-state index >= 15 is 0 Å². The molecule has 0 aliphatic heterocycles. The monoisotopic (exact) mass is 586 g/mol. The van der Waals surface area contributed by atoms with Crippen LogP contribution in [-0.2, 0) is 33.3 Å². The Bertz CT molecular complexity index is 1330. The van der Waals surface area contributed by atoms with Crippen molar-refractivity contribution in [3.63, 3.8) is 0 Å². The highest BCUT2D eigenvalue weighted by Crippen LogP contribution is 2.09. The quantitative estimate of drug-likeness (QED) is 0.241. The van der Waals surface area contributed by atoms with Crippen molar-refractivity contribution in [3.05, 3.63) is 121 Å². The SMILES string of the molecule is CCC[n+]1ccccc1.CCC[n+]1ccccc1.Cc1ccc(S(=O)(=O)[O-])cc1.Cc1ccc(S(=O)(=O)[O-])cc1. The number of nitrogens with zero attached hydrogens (tertiary/aromatic N) is 2. The summed E-state index contributed by atoms with van der Waals surface area (Å²) in [6, 6.07) is 23.8. The zero-order valence-corrected chi connectivity index (χ0v) is 25.0. The van der Waals surface area contributed by atoms with Gasteiger partial charge < -0.3 is 9.11 Å². The molecule has 0 saturated heterocycles. The molecule has 10 heteroatoms. The van der Waals surface area contributed by atoms with Crippen molar-refractivity contribution in [3.8, 4) is 0 Å². The van der Waals surface area contributed by atoms with Gasteiger partial charge in [0.25, 0.3) is 0 Å². The van der Waals surface area contributed by atoms with Crippen LogP contribution in [0.15, 0.2) is 120 Å². The van der Waals surface area contributed by atoms with Gasteiger partial charge in [0.1, 0.15) is 33.3 Å². The predicted molar refractivity (Wildman–Crippen MR) is 152 cm³/mol. The zero-order chi connectivity index (χ0) is 30.0. The third kappa shape index (κ3) is 15.2. The van der Waals surface area contributed by atoms with Crippen molar-refractivity contribution in [1.82, 2.24) is 0 Å². The van der Waals surface area contributed by atoms with E-state index in [0.29, 0.717) is 0 Å². The Hall–Kier alpha value is -3.44. The Labute approximate surface area is 239 Å². The molecule has 0 atom stereocenters. The van der Waals surface area contributed by atoms with Gasteiger partial charge in [0.2, 0.25) is 0 Å². The van der Waals surface area contributed by atoms with E-state index in [9.17, 15) is 25.9 Å². The van der Waals surface area contributed by atoms with Gasteiger partial charge in [0.15, 0.2) is 24.8 Å². The summed E-state index contributed by atoms with van der Waals surface area (Å²) in [6.07, 6.45) is 10.8. The first-order valence-electron chi connectivity index (χ1n) is 12.8. The smallest absolute Gasteiger partial charge is 0.168 e. The molecule has 0 bridgehead atoms. The molecule has 4 aromatic rings. The van der Waals surface area contributed by atoms with Crippen LogP contribution in [0.2, 0.25) is 0 Å². The van der Waals surface area contributed by atoms with E-state index in [1.165, 1.54) is 37.1 Å². The zero-order valence-electron chi connectivity index (χ0n) is 23.4. The molecule has 2 heterocycles. The van der Waals surface area contributed by atoms with Gasteiger partial charge in [-0.25, -0.2) is 26.0 Å². The molecular formula is C30H38N2O6S2. The van der Waals surface area contributed by atoms with E-state index in [-0.39, 0.29) is 9.79 Å². The first-order valence-corrected chi connectivity index (χ1v) is 15.6. The molecule has 0 spiro atoms. The lowest BCUT2D eigenvalue weighted by molar-refractivity contribution is -0.697. The summed E-state index contributed by atoms with van der Waals surface area (Å²) >= 11 is 0. The first-order chi connectivity index (χ1) is 18.9. The minimum Gasteiger partial charge on any atom is -0.744 e. The van der Waals surface area contributed by atoms with Gasteiger partial charge in [-0.15, -0.1) is 0 Å². The molecule has 0 radical (unpaired) electrons. The third-order valence-electron chi connectivity index (χ3n) is 5.14. The van der Waals surface area contributed by atoms with Gasteiger partial charge in [-0.2, -0.15) is 0 Å². The number of aryl methyl sites for hydroxylation is 4. The van der Waals surface area contributed by atoms with Crippen LogP contribution in [-0.4, -0.2) is 25.9 Å². The summed E-state index contributed by atoms with van der Waals surface area (Å²) in [5, 5.41) is 0. The maximum Gasteiger partial charge on any atom is 0.168 e. The number of hydrogen-bond donors (Lipinski definition) is 0. The number of hydrogen-bond acceptors (Lipinski definition) is 6. The fourth-order valence-electron chi connectivity index (χ4n) is 3.09. The summed E-state index contributed by atoms with van der Waals surface area (Å²) in [4.78, 5) is -0.355. The van der Waals surface area contributed by atoms with Crippen LogP contribution in [0, 0.1) is 13.8 Å². The predicted octanol–water partition coefficient (Wildman–Crippen LogP) is 4.57. The summed E-state index contributed by atoms with van der Waals surface area (Å²) in [5.41, 5.74) is 1.86. The maximum absolute atomic E-state index is 10.4. The molecule has 0 fully saturated rings. The molecule has 2 aromatic heterocycles. The van der Waals surface area contributed by atoms with Crippen molar-refractivity contribution in [1.29, 1.82) is 0 Å². The van der Waals surface area contributed by atoms with Crippen molar-refractivity contribution >= 4 is 20.2 Å². The van der Waals surface area contributed by atoms with E-state index in [0.717, 1.165) is 24.2 Å². The Balaban J connectivity index is 0.000000268. The summed E-state index contributed by atoms with van der Waals surface area (Å²) in [5.74, 6) is 0. The molecule has 0 amide bonds. The van der Waals surface area contributed by atoms with E-state index in [1.807, 2.05) is 26.0 Å². The van der Waals surface area contributed by atoms with Crippen LogP contribution in [0.25, 0.3) is 0 Å². The average molecular weight is 587 g/mol. The van der Waals surface area contributed by atoms with Gasteiger partial charge in [-0.3, -0.25) is 0 Å². The van der Waals surface area contributed by atoms with E-state index < -0.39 is 20.2 Å². The van der Waals surface area contributed by atoms with E-state index in [4.69, 9.17) is 0 Å². The van der Waals surface area contributed by atoms with Crippen molar-refractivity contribution in [2.24, 2.45) is 0 Å². The summed E-state index contributed by atoms with van der Waals surface area (Å²) < 4.78 is 66.7. The van der Waals surface area contributed by atoms with Crippen LogP contribution < -0.4 is 9.13 Å². The topological polar surface area (TPSA) is 122 Å². The van der Waals surface area contributed by atoms with Crippen LogP contribution >= 0.6 is 0 Å². The largest absolute Gasteiger partial charge is 0.744 e. The highest BCUT2D eigenvalue weighted by molar-refractivity contribution is 7.86. The van der Waals surface area contributed by atoms with Crippen LogP contribution in [0.5, 0.6) is 0 Å². The molecule has 0 aliphatic rings. The van der Waals surface area contributed by atoms with E-state index in [2.05, 4.69) is 72.0 Å². The molecule has 0 aliphatic carbocycles. The van der Waals surface area contributed by atoms with Crippen molar-refractivity contribution < 1.29 is 35.1 Å². The average Bonchev–Trinajstić information content (AvgIpc) is 2.91. The lowest BCUT2D eigenvalue weighted by atomic mass is 10.2. The number of rotatable bonds is 6. The standard InChI is InChI=1S/2C8H12N.2C7H8O3S/c2*1-2-6-9-7-4-3-5-8-9;2*1-6-2-4-7(5-3-6)11(8,9)10/h2*3-5,7-8H,2,6H2,1H3;2*2-5H,1H3,(H,8,9,10)/q2*+1;;/p-2. The second kappa shape index (κ2) is 18.0. The lowest BCUT2D eigenvalue weighted by Crippen LogP contribution is -2.31.